The number of carbonyl (C=O) groups excluding carboxylic acids is 6. The van der Waals surface area contributed by atoms with Gasteiger partial charge in [-0.1, -0.05) is 164 Å². The predicted octanol–water partition coefficient (Wildman–Crippen LogP) is 8.89. The van der Waals surface area contributed by atoms with Crippen molar-refractivity contribution in [1.29, 1.82) is 0 Å². The molecule has 4 atom stereocenters. The maximum Gasteiger partial charge on any atom is 0.408 e. The van der Waals surface area contributed by atoms with E-state index in [4.69, 9.17) is 28.4 Å². The summed E-state index contributed by atoms with van der Waals surface area (Å²) >= 11 is 0. The summed E-state index contributed by atoms with van der Waals surface area (Å²) < 4.78 is 34.3. The topological polar surface area (TPSA) is 275 Å². The summed E-state index contributed by atoms with van der Waals surface area (Å²) in [6.07, 6.45) is -5.35. The number of alkyl carbamates (subject to hydrolysis) is 3. The molecule has 7 aromatic rings. The zero-order chi connectivity index (χ0) is 62.0. The number of carbonyl (C=O) groups is 7. The molecule has 0 aliphatic heterocycles. The highest BCUT2D eigenvalue weighted by Crippen LogP contribution is 2.33. The smallest absolute Gasteiger partial charge is 0.408 e. The lowest BCUT2D eigenvalue weighted by molar-refractivity contribution is -0.145. The van der Waals surface area contributed by atoms with E-state index >= 15 is 0 Å². The Kier molecular flexibility index (Phi) is 24.2. The van der Waals surface area contributed by atoms with Crippen molar-refractivity contribution in [3.63, 3.8) is 0 Å². The van der Waals surface area contributed by atoms with E-state index in [0.717, 1.165) is 16.7 Å². The van der Waals surface area contributed by atoms with Crippen molar-refractivity contribution in [2.24, 2.45) is 0 Å². The molecule has 0 bridgehead atoms. The predicted molar refractivity (Wildman–Crippen MR) is 322 cm³/mol. The molecule has 0 radical (unpaired) electrons. The van der Waals surface area contributed by atoms with E-state index in [1.807, 2.05) is 78.9 Å². The number of hydrogen-bond donors (Lipinski definition) is 7. The Bertz CT molecular complexity index is 3370. The van der Waals surface area contributed by atoms with Gasteiger partial charge in [0.15, 0.2) is 0 Å². The average molecular weight is 1190 g/mol. The minimum Gasteiger partial charge on any atom is -0.489 e. The highest BCUT2D eigenvalue weighted by atomic mass is 16.6. The summed E-state index contributed by atoms with van der Waals surface area (Å²) in [5.74, 6) is -3.31. The zero-order valence-electron chi connectivity index (χ0n) is 48.5. The summed E-state index contributed by atoms with van der Waals surface area (Å²) in [7, 11) is 0. The molecule has 0 saturated carbocycles. The van der Waals surface area contributed by atoms with Crippen molar-refractivity contribution in [2.75, 3.05) is 13.1 Å². The SMILES string of the molecule is CC(C)(C)OC(=O)N[C@@H](C[C@@H](O)CNC(=O)OCc1ccccc1)C(=O)N[C@@H](Cc1cc(-c2ccc(OCc3ccccc3)c(C[C@H](NC(=O)OCc3ccccc3)C(=O)O)c2)ccc1OCc1ccccc1)C(=O)NCC(=O)OCc1ccccc1. The van der Waals surface area contributed by atoms with Crippen molar-refractivity contribution >= 4 is 42.0 Å². The first-order valence-electron chi connectivity index (χ1n) is 28.1. The Morgan fingerprint density at radius 3 is 1.31 bits per heavy atom. The number of ether oxygens (including phenoxy) is 6. The third kappa shape index (κ3) is 22.4. The van der Waals surface area contributed by atoms with Gasteiger partial charge in [-0.3, -0.25) is 14.4 Å². The number of hydrogen-bond acceptors (Lipinski definition) is 14. The van der Waals surface area contributed by atoms with Crippen LogP contribution in [0.4, 0.5) is 14.4 Å². The second-order valence-electron chi connectivity index (χ2n) is 21.2. The number of rotatable bonds is 29. The molecule has 0 heterocycles. The molecule has 87 heavy (non-hydrogen) atoms. The number of amides is 5. The molecule has 0 spiro atoms. The van der Waals surface area contributed by atoms with Crippen LogP contribution in [0, 0.1) is 0 Å². The van der Waals surface area contributed by atoms with Gasteiger partial charge in [0.2, 0.25) is 11.8 Å². The van der Waals surface area contributed by atoms with E-state index < -0.39 is 91.4 Å². The average Bonchev–Trinajstić information content (AvgIpc) is 3.51. The fraction of sp³-hybridized carbons (Fsp3) is 0.269. The van der Waals surface area contributed by atoms with Crippen molar-refractivity contribution < 1.29 is 72.2 Å². The van der Waals surface area contributed by atoms with E-state index in [-0.39, 0.29) is 51.6 Å². The number of esters is 1. The number of aliphatic hydroxyl groups is 1. The third-order valence-corrected chi connectivity index (χ3v) is 13.1. The summed E-state index contributed by atoms with van der Waals surface area (Å²) in [5, 5.41) is 34.5. The molecule has 0 aliphatic carbocycles. The molecule has 0 aliphatic rings. The van der Waals surface area contributed by atoms with Gasteiger partial charge in [-0.15, -0.1) is 0 Å². The highest BCUT2D eigenvalue weighted by Gasteiger charge is 2.32. The minimum absolute atomic E-state index is 0.0535. The van der Waals surface area contributed by atoms with Crippen molar-refractivity contribution in [2.45, 2.75) is 103 Å². The van der Waals surface area contributed by atoms with E-state index in [2.05, 4.69) is 26.6 Å². The molecule has 0 unspecified atom stereocenters. The number of aliphatic hydroxyl groups excluding tert-OH is 1. The van der Waals surface area contributed by atoms with Gasteiger partial charge in [-0.25, -0.2) is 19.2 Å². The minimum atomic E-state index is -1.58. The van der Waals surface area contributed by atoms with Crippen molar-refractivity contribution in [3.05, 3.63) is 227 Å². The Hall–Kier alpha value is -10.2. The molecule has 7 aromatic carbocycles. The number of nitrogens with one attached hydrogen (secondary N) is 5. The van der Waals surface area contributed by atoms with Gasteiger partial charge in [-0.2, -0.15) is 0 Å². The summed E-state index contributed by atoms with van der Waals surface area (Å²) in [6, 6.07) is 51.1. The molecular weight excluding hydrogens is 1110 g/mol. The van der Waals surface area contributed by atoms with E-state index in [1.54, 1.807) is 130 Å². The van der Waals surface area contributed by atoms with Gasteiger partial charge in [0.05, 0.1) is 6.10 Å². The maximum atomic E-state index is 14.7. The van der Waals surface area contributed by atoms with Crippen LogP contribution in [-0.2, 0) is 84.0 Å². The van der Waals surface area contributed by atoms with Gasteiger partial charge in [0.1, 0.15) is 74.8 Å². The summed E-state index contributed by atoms with van der Waals surface area (Å²) in [4.78, 5) is 94.4. The van der Waals surface area contributed by atoms with E-state index in [9.17, 15) is 43.8 Å². The second-order valence-corrected chi connectivity index (χ2v) is 21.2. The summed E-state index contributed by atoms with van der Waals surface area (Å²) in [5.41, 5.74) is 4.60. The van der Waals surface area contributed by atoms with E-state index in [1.165, 1.54) is 0 Å². The van der Waals surface area contributed by atoms with Gasteiger partial charge in [0.25, 0.3) is 0 Å². The first-order valence-corrected chi connectivity index (χ1v) is 28.1. The maximum absolute atomic E-state index is 14.7. The first-order chi connectivity index (χ1) is 41.9. The molecule has 0 saturated heterocycles. The van der Waals surface area contributed by atoms with Crippen LogP contribution < -0.4 is 36.1 Å². The van der Waals surface area contributed by atoms with Gasteiger partial charge in [0, 0.05) is 25.8 Å². The molecule has 20 nitrogen and oxygen atoms in total. The van der Waals surface area contributed by atoms with Crippen molar-refractivity contribution in [1.82, 2.24) is 26.6 Å². The number of carboxylic acid groups (broad SMARTS) is 1. The summed E-state index contributed by atoms with van der Waals surface area (Å²) in [6.45, 7) is 3.80. The molecule has 454 valence electrons. The second kappa shape index (κ2) is 32.7. The standard InChI is InChI=1S/C67H71N5O15/c1-67(2,3)87-66(81)71-56(37-54(73)38-69-64(79)85-43-48-25-15-7-16-26-48)62(76)70-55(61(75)68-39-60(74)84-42-47-23-13-6-14-24-47)35-52-33-50(29-31-58(52)82-40-45-19-9-4-10-20-45)51-30-32-59(83-41-46-21-11-5-12-22-46)53(34-51)36-57(63(77)78)72-65(80)86-44-49-27-17-8-18-28-49/h4-34,54-57,73H,35-44H2,1-3H3,(H,68,75)(H,69,79)(H,70,76)(H,71,81)(H,72,80)(H,77,78)/t54-,55+,56+,57+/m1/s1. The fourth-order valence-electron chi connectivity index (χ4n) is 8.70. The van der Waals surface area contributed by atoms with Crippen LogP contribution in [0.15, 0.2) is 188 Å². The molecule has 20 heteroatoms. The molecule has 7 N–H and O–H groups in total. The number of aliphatic carboxylic acids is 1. The Labute approximate surface area is 504 Å². The third-order valence-electron chi connectivity index (χ3n) is 13.1. The Balaban J connectivity index is 1.21. The van der Waals surface area contributed by atoms with Crippen LogP contribution in [0.1, 0.15) is 66.1 Å². The van der Waals surface area contributed by atoms with Crippen LogP contribution in [0.5, 0.6) is 11.5 Å². The van der Waals surface area contributed by atoms with Crippen LogP contribution >= 0.6 is 0 Å². The van der Waals surface area contributed by atoms with Gasteiger partial charge in [-0.05, 0) is 95.1 Å². The highest BCUT2D eigenvalue weighted by molar-refractivity contribution is 5.93. The Morgan fingerprint density at radius 2 is 0.862 bits per heavy atom. The first kappa shape index (κ1) is 64.4. The normalized spacial score (nSPS) is 12.3. The lowest BCUT2D eigenvalue weighted by Crippen LogP contribution is -2.56. The van der Waals surface area contributed by atoms with Crippen LogP contribution in [-0.4, -0.2) is 95.2 Å². The van der Waals surface area contributed by atoms with E-state index in [0.29, 0.717) is 39.1 Å². The molecule has 0 aromatic heterocycles. The molecule has 5 amide bonds. The Morgan fingerprint density at radius 1 is 0.448 bits per heavy atom. The van der Waals surface area contributed by atoms with Crippen molar-refractivity contribution in [3.8, 4) is 22.6 Å². The number of carboxylic acids is 1. The lowest BCUT2D eigenvalue weighted by Gasteiger charge is -2.27. The molecule has 0 fully saturated rings. The lowest BCUT2D eigenvalue weighted by atomic mass is 9.95. The van der Waals surface area contributed by atoms with Crippen LogP contribution in [0.2, 0.25) is 0 Å². The van der Waals surface area contributed by atoms with Crippen LogP contribution in [0.3, 0.4) is 0 Å². The molecule has 7 rings (SSSR count). The fourth-order valence-corrected chi connectivity index (χ4v) is 8.70. The monoisotopic (exact) mass is 1190 g/mol. The van der Waals surface area contributed by atoms with Gasteiger partial charge >= 0.3 is 30.2 Å². The quantitative estimate of drug-likeness (QED) is 0.0170. The molecular formula is C67H71N5O15. The van der Waals surface area contributed by atoms with Gasteiger partial charge < -0.3 is 65.2 Å². The number of benzene rings is 7. The van der Waals surface area contributed by atoms with Crippen LogP contribution in [0.25, 0.3) is 11.1 Å². The zero-order valence-corrected chi connectivity index (χ0v) is 48.5. The largest absolute Gasteiger partial charge is 0.489 e.